The van der Waals surface area contributed by atoms with Crippen LogP contribution >= 0.6 is 11.8 Å². The quantitative estimate of drug-likeness (QED) is 0.375. The van der Waals surface area contributed by atoms with E-state index in [2.05, 4.69) is 27.1 Å². The third-order valence-electron chi connectivity index (χ3n) is 4.79. The van der Waals surface area contributed by atoms with E-state index in [9.17, 15) is 0 Å². The molecule has 0 atom stereocenters. The van der Waals surface area contributed by atoms with E-state index in [4.69, 9.17) is 14.5 Å². The molecule has 0 aromatic carbocycles. The molecule has 1 aliphatic heterocycles. The van der Waals surface area contributed by atoms with Crippen LogP contribution in [0.15, 0.2) is 4.99 Å². The highest BCUT2D eigenvalue weighted by atomic mass is 32.2. The lowest BCUT2D eigenvalue weighted by Crippen LogP contribution is -2.51. The van der Waals surface area contributed by atoms with Crippen LogP contribution in [0.2, 0.25) is 0 Å². The monoisotopic (exact) mass is 384 g/mol. The van der Waals surface area contributed by atoms with Crippen LogP contribution in [-0.4, -0.2) is 71.7 Å². The van der Waals surface area contributed by atoms with Crippen LogP contribution in [0.3, 0.4) is 0 Å². The minimum atomic E-state index is -0.193. The Labute approximate surface area is 160 Å². The van der Waals surface area contributed by atoms with Gasteiger partial charge in [-0.3, -0.25) is 0 Å². The Bertz CT molecular complexity index is 572. The number of aromatic nitrogens is 3. The van der Waals surface area contributed by atoms with E-state index in [1.165, 1.54) is 0 Å². The number of ether oxygens (including phenoxy) is 2. The molecule has 0 bridgehead atoms. The molecule has 0 spiro atoms. The van der Waals surface area contributed by atoms with Gasteiger partial charge in [-0.15, -0.1) is 10.2 Å². The third-order valence-corrected chi connectivity index (χ3v) is 5.49. The molecule has 1 aliphatic rings. The van der Waals surface area contributed by atoms with Crippen molar-refractivity contribution >= 4 is 17.7 Å². The number of aliphatic imine (C=N–C) groups is 1. The second-order valence-corrected chi connectivity index (χ2v) is 7.50. The van der Waals surface area contributed by atoms with Gasteiger partial charge in [0.15, 0.2) is 11.8 Å². The van der Waals surface area contributed by atoms with Gasteiger partial charge in [-0.25, -0.2) is 4.99 Å². The molecule has 0 amide bonds. The maximum atomic E-state index is 5.80. The molecule has 2 heterocycles. The summed E-state index contributed by atoms with van der Waals surface area (Å²) < 4.78 is 13.2. The maximum absolute atomic E-state index is 5.80. The summed E-state index contributed by atoms with van der Waals surface area (Å²) in [6.07, 6.45) is 4.99. The predicted molar refractivity (Wildman–Crippen MR) is 106 cm³/mol. The number of nitrogens with zero attached hydrogens (tertiary/aromatic N) is 4. The van der Waals surface area contributed by atoms with E-state index < -0.39 is 0 Å². The smallest absolute Gasteiger partial charge is 0.191 e. The molecule has 0 aliphatic carbocycles. The Balaban J connectivity index is 1.97. The van der Waals surface area contributed by atoms with E-state index in [0.29, 0.717) is 13.1 Å². The zero-order valence-electron chi connectivity index (χ0n) is 16.4. The summed E-state index contributed by atoms with van der Waals surface area (Å²) in [5.74, 6) is 3.65. The van der Waals surface area contributed by atoms with Crippen LogP contribution < -0.4 is 10.6 Å². The highest BCUT2D eigenvalue weighted by Crippen LogP contribution is 2.23. The number of hydrogen-bond acceptors (Lipinski definition) is 6. The van der Waals surface area contributed by atoms with Crippen LogP contribution in [0, 0.1) is 6.92 Å². The van der Waals surface area contributed by atoms with E-state index in [1.54, 1.807) is 7.11 Å². The molecule has 0 radical (unpaired) electrons. The molecule has 2 N–H and O–H groups in total. The van der Waals surface area contributed by atoms with Crippen LogP contribution in [0.5, 0.6) is 0 Å². The van der Waals surface area contributed by atoms with Gasteiger partial charge in [-0.05, 0) is 25.4 Å². The molecule has 148 valence electrons. The standard InChI is InChI=1S/C17H32N6O2S/c1-14-21-22-15(23(14)2)12-19-16(18-8-5-11-26-4)20-13-17(24-3)6-9-25-10-7-17/h5-13H2,1-4H3,(H2,18,19,20). The van der Waals surface area contributed by atoms with Crippen molar-refractivity contribution in [3.8, 4) is 0 Å². The van der Waals surface area contributed by atoms with Crippen molar-refractivity contribution in [2.24, 2.45) is 12.0 Å². The van der Waals surface area contributed by atoms with Gasteiger partial charge in [0.05, 0.1) is 5.60 Å². The molecule has 2 rings (SSSR count). The fourth-order valence-corrected chi connectivity index (χ4v) is 3.21. The minimum Gasteiger partial charge on any atom is -0.381 e. The molecule has 8 nitrogen and oxygen atoms in total. The van der Waals surface area contributed by atoms with Crippen LogP contribution in [0.25, 0.3) is 0 Å². The molecule has 1 saturated heterocycles. The summed E-state index contributed by atoms with van der Waals surface area (Å²) in [5, 5.41) is 15.1. The first-order valence-corrected chi connectivity index (χ1v) is 10.5. The van der Waals surface area contributed by atoms with Gasteiger partial charge in [0, 0.05) is 53.3 Å². The number of rotatable bonds is 9. The first-order valence-electron chi connectivity index (χ1n) is 9.09. The number of guanidine groups is 1. The minimum absolute atomic E-state index is 0.193. The molecule has 1 aromatic rings. The Morgan fingerprint density at radius 1 is 1.35 bits per heavy atom. The molecular weight excluding hydrogens is 352 g/mol. The van der Waals surface area contributed by atoms with Gasteiger partial charge < -0.3 is 24.7 Å². The van der Waals surface area contributed by atoms with Crippen LogP contribution in [0.1, 0.15) is 30.9 Å². The van der Waals surface area contributed by atoms with E-state index in [1.807, 2.05) is 30.3 Å². The Hall–Kier alpha value is -1.32. The van der Waals surface area contributed by atoms with Crippen molar-refractivity contribution in [3.63, 3.8) is 0 Å². The average molecular weight is 385 g/mol. The van der Waals surface area contributed by atoms with Gasteiger partial charge in [-0.2, -0.15) is 11.8 Å². The van der Waals surface area contributed by atoms with Gasteiger partial charge in [0.25, 0.3) is 0 Å². The SMILES string of the molecule is COC1(CNC(=NCc2nnc(C)n2C)NCCCSC)CCOCC1. The zero-order chi connectivity index (χ0) is 18.8. The second kappa shape index (κ2) is 10.7. The van der Waals surface area contributed by atoms with Gasteiger partial charge >= 0.3 is 0 Å². The lowest BCUT2D eigenvalue weighted by molar-refractivity contribution is -0.0855. The summed E-state index contributed by atoms with van der Waals surface area (Å²) >= 11 is 1.85. The summed E-state index contributed by atoms with van der Waals surface area (Å²) in [7, 11) is 3.74. The number of nitrogens with one attached hydrogen (secondary N) is 2. The first-order chi connectivity index (χ1) is 12.6. The lowest BCUT2D eigenvalue weighted by atomic mass is 9.94. The van der Waals surface area contributed by atoms with Crippen LogP contribution in [0.4, 0.5) is 0 Å². The number of hydrogen-bond donors (Lipinski definition) is 2. The van der Waals surface area contributed by atoms with Crippen molar-refractivity contribution in [1.29, 1.82) is 0 Å². The molecule has 26 heavy (non-hydrogen) atoms. The number of aryl methyl sites for hydroxylation is 1. The summed E-state index contributed by atoms with van der Waals surface area (Å²) in [4.78, 5) is 4.69. The molecule has 1 fully saturated rings. The van der Waals surface area contributed by atoms with Crippen molar-refractivity contribution in [3.05, 3.63) is 11.6 Å². The molecule has 0 unspecified atom stereocenters. The Morgan fingerprint density at radius 2 is 2.12 bits per heavy atom. The normalized spacial score (nSPS) is 17.3. The third kappa shape index (κ3) is 6.14. The topological polar surface area (TPSA) is 85.6 Å². The molecule has 1 aromatic heterocycles. The average Bonchev–Trinajstić information content (AvgIpc) is 2.99. The fourth-order valence-electron chi connectivity index (χ4n) is 2.78. The maximum Gasteiger partial charge on any atom is 0.191 e. The van der Waals surface area contributed by atoms with Crippen molar-refractivity contribution in [2.75, 3.05) is 45.4 Å². The van der Waals surface area contributed by atoms with E-state index in [-0.39, 0.29) is 5.60 Å². The van der Waals surface area contributed by atoms with Gasteiger partial charge in [0.1, 0.15) is 12.4 Å². The zero-order valence-corrected chi connectivity index (χ0v) is 17.2. The van der Waals surface area contributed by atoms with Crippen molar-refractivity contribution < 1.29 is 9.47 Å². The second-order valence-electron chi connectivity index (χ2n) is 6.51. The van der Waals surface area contributed by atoms with E-state index >= 15 is 0 Å². The summed E-state index contributed by atoms with van der Waals surface area (Å²) in [5.41, 5.74) is -0.193. The number of thioether (sulfide) groups is 1. The lowest BCUT2D eigenvalue weighted by Gasteiger charge is -2.36. The Kier molecular flexibility index (Phi) is 8.67. The summed E-state index contributed by atoms with van der Waals surface area (Å²) in [6, 6.07) is 0. The first kappa shape index (κ1) is 21.0. The highest BCUT2D eigenvalue weighted by molar-refractivity contribution is 7.98. The highest BCUT2D eigenvalue weighted by Gasteiger charge is 2.32. The van der Waals surface area contributed by atoms with Crippen molar-refractivity contribution in [1.82, 2.24) is 25.4 Å². The molecular formula is C17H32N6O2S. The fraction of sp³-hybridized carbons (Fsp3) is 0.824. The summed E-state index contributed by atoms with van der Waals surface area (Å²) in [6.45, 7) is 5.49. The van der Waals surface area contributed by atoms with Crippen LogP contribution in [-0.2, 0) is 23.1 Å². The molecule has 0 saturated carbocycles. The van der Waals surface area contributed by atoms with Gasteiger partial charge in [0.2, 0.25) is 0 Å². The largest absolute Gasteiger partial charge is 0.381 e. The van der Waals surface area contributed by atoms with Crippen molar-refractivity contribution in [2.45, 2.75) is 38.3 Å². The molecule has 9 heteroatoms. The number of methoxy groups -OCH3 is 1. The van der Waals surface area contributed by atoms with Gasteiger partial charge in [-0.1, -0.05) is 0 Å². The van der Waals surface area contributed by atoms with E-state index in [0.717, 1.165) is 62.4 Å². The Morgan fingerprint density at radius 3 is 2.73 bits per heavy atom. The predicted octanol–water partition coefficient (Wildman–Crippen LogP) is 1.11.